The molecular weight excluding hydrogens is 338 g/mol. The molecule has 2 rings (SSSR count). The number of β-lactam (4-membered cyclic amide) rings is 1. The van der Waals surface area contributed by atoms with E-state index in [4.69, 9.17) is 16.7 Å². The summed E-state index contributed by atoms with van der Waals surface area (Å²) in [6.07, 6.45) is 0.600. The molecular formula is C16H18ClNO4S. The molecule has 1 aromatic rings. The molecule has 1 aromatic carbocycles. The number of carboxylic acids is 1. The van der Waals surface area contributed by atoms with Crippen LogP contribution in [0.25, 0.3) is 0 Å². The highest BCUT2D eigenvalue weighted by atomic mass is 35.5. The molecule has 1 heterocycles. The number of carbonyl (C=O) groups excluding carboxylic acids is 2. The van der Waals surface area contributed by atoms with Gasteiger partial charge in [0.25, 0.3) is 0 Å². The van der Waals surface area contributed by atoms with E-state index in [0.29, 0.717) is 11.4 Å². The Bertz CT molecular complexity index is 619. The first-order valence-corrected chi connectivity index (χ1v) is 8.54. The normalized spacial score (nSPS) is 21.7. The molecule has 1 aliphatic rings. The maximum atomic E-state index is 12.5. The number of benzene rings is 1. The fraction of sp³-hybridized carbons (Fsp3) is 0.438. The maximum absolute atomic E-state index is 12.5. The fourth-order valence-electron chi connectivity index (χ4n) is 2.86. The van der Waals surface area contributed by atoms with Gasteiger partial charge in [-0.25, -0.2) is 0 Å². The molecule has 0 spiro atoms. The lowest BCUT2D eigenvalue weighted by Gasteiger charge is -2.48. The van der Waals surface area contributed by atoms with Gasteiger partial charge >= 0.3 is 5.97 Å². The van der Waals surface area contributed by atoms with Gasteiger partial charge in [-0.2, -0.15) is 0 Å². The third-order valence-electron chi connectivity index (χ3n) is 4.03. The molecule has 1 N–H and O–H groups in total. The van der Waals surface area contributed by atoms with Crippen molar-refractivity contribution in [3.8, 4) is 0 Å². The minimum absolute atomic E-state index is 0.0846. The van der Waals surface area contributed by atoms with Gasteiger partial charge in [-0.05, 0) is 30.7 Å². The SMILES string of the molecule is CC[C@H]1C(=O)N(CC(=O)O)[C@@H]1[C@@H](C)C(=O)Sc1ccc(Cl)cc1. The average molecular weight is 356 g/mol. The van der Waals surface area contributed by atoms with Crippen molar-refractivity contribution < 1.29 is 19.5 Å². The van der Waals surface area contributed by atoms with E-state index in [9.17, 15) is 14.4 Å². The van der Waals surface area contributed by atoms with Crippen LogP contribution in [0.3, 0.4) is 0 Å². The topological polar surface area (TPSA) is 74.7 Å². The van der Waals surface area contributed by atoms with Crippen LogP contribution in [0.1, 0.15) is 20.3 Å². The second-order valence-corrected chi connectivity index (χ2v) is 7.04. The first-order chi connectivity index (χ1) is 10.8. The maximum Gasteiger partial charge on any atom is 0.323 e. The molecule has 0 unspecified atom stereocenters. The number of carboxylic acid groups (broad SMARTS) is 1. The van der Waals surface area contributed by atoms with Gasteiger partial charge in [0.05, 0.1) is 12.0 Å². The summed E-state index contributed by atoms with van der Waals surface area (Å²) in [6.45, 7) is 3.26. The summed E-state index contributed by atoms with van der Waals surface area (Å²) >= 11 is 6.91. The Kier molecular flexibility index (Phi) is 5.70. The lowest BCUT2D eigenvalue weighted by molar-refractivity contribution is -0.166. The van der Waals surface area contributed by atoms with E-state index in [0.717, 1.165) is 16.7 Å². The molecule has 124 valence electrons. The summed E-state index contributed by atoms with van der Waals surface area (Å²) in [7, 11) is 0. The lowest BCUT2D eigenvalue weighted by atomic mass is 9.78. The van der Waals surface area contributed by atoms with E-state index in [-0.39, 0.29) is 29.5 Å². The number of amides is 1. The van der Waals surface area contributed by atoms with Gasteiger partial charge in [0.1, 0.15) is 6.54 Å². The van der Waals surface area contributed by atoms with E-state index in [1.807, 2.05) is 6.92 Å². The summed E-state index contributed by atoms with van der Waals surface area (Å²) in [5.74, 6) is -1.96. The zero-order valence-electron chi connectivity index (χ0n) is 12.9. The van der Waals surface area contributed by atoms with Crippen LogP contribution in [-0.4, -0.2) is 39.6 Å². The fourth-order valence-corrected chi connectivity index (χ4v) is 3.81. The summed E-state index contributed by atoms with van der Waals surface area (Å²) < 4.78 is 0. The molecule has 0 saturated carbocycles. The smallest absolute Gasteiger partial charge is 0.323 e. The van der Waals surface area contributed by atoms with Crippen LogP contribution in [-0.2, 0) is 14.4 Å². The zero-order valence-corrected chi connectivity index (χ0v) is 14.4. The standard InChI is InChI=1S/C16H18ClNO4S/c1-3-12-14(18(15(12)21)8-13(19)20)9(2)16(22)23-11-6-4-10(17)5-7-11/h4-7,9,12,14H,3,8H2,1-2H3,(H,19,20)/t9-,12-,14-/m1/s1. The number of hydrogen-bond donors (Lipinski definition) is 1. The van der Waals surface area contributed by atoms with Gasteiger partial charge in [0.2, 0.25) is 5.91 Å². The highest BCUT2D eigenvalue weighted by Crippen LogP contribution is 2.37. The van der Waals surface area contributed by atoms with Gasteiger partial charge in [-0.3, -0.25) is 14.4 Å². The Morgan fingerprint density at radius 3 is 2.48 bits per heavy atom. The van der Waals surface area contributed by atoms with E-state index in [1.165, 1.54) is 4.90 Å². The predicted octanol–water partition coefficient (Wildman–Crippen LogP) is 2.92. The molecule has 0 aliphatic carbocycles. The quantitative estimate of drug-likeness (QED) is 0.627. The third kappa shape index (κ3) is 3.87. The summed E-state index contributed by atoms with van der Waals surface area (Å²) in [6, 6.07) is 6.59. The number of aliphatic carboxylic acids is 1. The lowest BCUT2D eigenvalue weighted by Crippen LogP contribution is -2.65. The van der Waals surface area contributed by atoms with Crippen molar-refractivity contribution in [2.24, 2.45) is 11.8 Å². The number of hydrogen-bond acceptors (Lipinski definition) is 4. The molecule has 1 saturated heterocycles. The Hall–Kier alpha value is -1.53. The minimum Gasteiger partial charge on any atom is -0.480 e. The second kappa shape index (κ2) is 7.36. The number of carbonyl (C=O) groups is 3. The van der Waals surface area contributed by atoms with Crippen LogP contribution in [0.4, 0.5) is 0 Å². The molecule has 0 radical (unpaired) electrons. The van der Waals surface area contributed by atoms with Crippen LogP contribution in [0, 0.1) is 11.8 Å². The number of likely N-dealkylation sites (tertiary alicyclic amines) is 1. The van der Waals surface area contributed by atoms with Gasteiger partial charge in [-0.15, -0.1) is 0 Å². The van der Waals surface area contributed by atoms with Crippen molar-refractivity contribution in [2.75, 3.05) is 6.54 Å². The van der Waals surface area contributed by atoms with E-state index in [2.05, 4.69) is 0 Å². The van der Waals surface area contributed by atoms with E-state index < -0.39 is 11.9 Å². The van der Waals surface area contributed by atoms with E-state index >= 15 is 0 Å². The van der Waals surface area contributed by atoms with Crippen molar-refractivity contribution in [2.45, 2.75) is 31.2 Å². The highest BCUT2D eigenvalue weighted by molar-refractivity contribution is 8.13. The Balaban J connectivity index is 2.08. The van der Waals surface area contributed by atoms with Crippen molar-refractivity contribution in [3.63, 3.8) is 0 Å². The van der Waals surface area contributed by atoms with Crippen molar-refractivity contribution >= 4 is 40.4 Å². The third-order valence-corrected chi connectivity index (χ3v) is 5.37. The molecule has 1 amide bonds. The first kappa shape index (κ1) is 17.8. The Morgan fingerprint density at radius 2 is 1.96 bits per heavy atom. The number of nitrogens with zero attached hydrogens (tertiary/aromatic N) is 1. The summed E-state index contributed by atoms with van der Waals surface area (Å²) in [5.41, 5.74) is 0. The van der Waals surface area contributed by atoms with Gasteiger partial charge in [0, 0.05) is 15.8 Å². The molecule has 23 heavy (non-hydrogen) atoms. The zero-order chi connectivity index (χ0) is 17.1. The Labute approximate surface area is 144 Å². The molecule has 1 fully saturated rings. The van der Waals surface area contributed by atoms with Crippen LogP contribution in [0.2, 0.25) is 5.02 Å². The van der Waals surface area contributed by atoms with E-state index in [1.54, 1.807) is 31.2 Å². The van der Waals surface area contributed by atoms with Crippen molar-refractivity contribution in [1.82, 2.24) is 4.90 Å². The van der Waals surface area contributed by atoms with Crippen molar-refractivity contribution in [1.29, 1.82) is 0 Å². The minimum atomic E-state index is -1.07. The molecule has 1 aliphatic heterocycles. The van der Waals surface area contributed by atoms with Crippen LogP contribution in [0.15, 0.2) is 29.2 Å². The van der Waals surface area contributed by atoms with Crippen LogP contribution < -0.4 is 0 Å². The molecule has 5 nitrogen and oxygen atoms in total. The number of halogens is 1. The monoisotopic (exact) mass is 355 g/mol. The predicted molar refractivity (Wildman–Crippen MR) is 88.4 cm³/mol. The van der Waals surface area contributed by atoms with Gasteiger partial charge < -0.3 is 10.0 Å². The summed E-state index contributed by atoms with van der Waals surface area (Å²) in [4.78, 5) is 37.4. The average Bonchev–Trinajstić information content (AvgIpc) is 2.51. The van der Waals surface area contributed by atoms with Crippen molar-refractivity contribution in [3.05, 3.63) is 29.3 Å². The largest absolute Gasteiger partial charge is 0.480 e. The van der Waals surface area contributed by atoms with Gasteiger partial charge in [0.15, 0.2) is 5.12 Å². The summed E-state index contributed by atoms with van der Waals surface area (Å²) in [5, 5.41) is 9.44. The Morgan fingerprint density at radius 1 is 1.35 bits per heavy atom. The molecule has 0 bridgehead atoms. The van der Waals surface area contributed by atoms with Crippen LogP contribution >= 0.6 is 23.4 Å². The highest BCUT2D eigenvalue weighted by Gasteiger charge is 2.50. The second-order valence-electron chi connectivity index (χ2n) is 5.53. The number of rotatable bonds is 6. The molecule has 3 atom stereocenters. The molecule has 7 heteroatoms. The van der Waals surface area contributed by atoms with Gasteiger partial charge in [-0.1, -0.05) is 37.2 Å². The molecule has 0 aromatic heterocycles. The first-order valence-electron chi connectivity index (χ1n) is 7.34. The number of thioether (sulfide) groups is 1. The van der Waals surface area contributed by atoms with Crippen LogP contribution in [0.5, 0.6) is 0 Å².